The van der Waals surface area contributed by atoms with Crippen LogP contribution in [0.5, 0.6) is 11.5 Å². The number of ether oxygens (including phenoxy) is 1. The largest absolute Gasteiger partial charge is 0.464 e. The van der Waals surface area contributed by atoms with Crippen molar-refractivity contribution in [2.24, 2.45) is 0 Å². The first-order chi connectivity index (χ1) is 18.2. The lowest BCUT2D eigenvalue weighted by molar-refractivity contribution is 0.206. The fourth-order valence-electron chi connectivity index (χ4n) is 3.32. The summed E-state index contributed by atoms with van der Waals surface area (Å²) < 4.78 is 61.2. The van der Waals surface area contributed by atoms with Gasteiger partial charge < -0.3 is 9.84 Å². The lowest BCUT2D eigenvalue weighted by Crippen LogP contribution is -2.36. The van der Waals surface area contributed by atoms with E-state index in [1.54, 1.807) is 0 Å². The van der Waals surface area contributed by atoms with Gasteiger partial charge in [-0.05, 0) is 23.8 Å². The van der Waals surface area contributed by atoms with E-state index in [1.807, 2.05) is 20.8 Å². The van der Waals surface area contributed by atoms with Gasteiger partial charge in [0.05, 0.1) is 11.2 Å². The van der Waals surface area contributed by atoms with Gasteiger partial charge in [-0.2, -0.15) is 4.39 Å². The Labute approximate surface area is 235 Å². The number of carboxylic acid groups (broad SMARTS) is 1. The first kappa shape index (κ1) is 28.6. The van der Waals surface area contributed by atoms with Gasteiger partial charge in [0, 0.05) is 34.7 Å². The van der Waals surface area contributed by atoms with Crippen molar-refractivity contribution in [3.8, 4) is 22.6 Å². The van der Waals surface area contributed by atoms with Crippen molar-refractivity contribution in [2.45, 2.75) is 31.1 Å². The van der Waals surface area contributed by atoms with Crippen molar-refractivity contribution < 1.29 is 31.8 Å². The number of pyridine rings is 2. The summed E-state index contributed by atoms with van der Waals surface area (Å²) in [5.41, 5.74) is 0.0919. The maximum Gasteiger partial charge on any atom is 0.427 e. The summed E-state index contributed by atoms with van der Waals surface area (Å²) in [5.74, 6) is -2.85. The third-order valence-corrected chi connectivity index (χ3v) is 8.56. The Morgan fingerprint density at radius 3 is 2.44 bits per heavy atom. The molecule has 0 fully saturated rings. The van der Waals surface area contributed by atoms with E-state index in [9.17, 15) is 22.7 Å². The van der Waals surface area contributed by atoms with E-state index in [0.717, 1.165) is 23.5 Å². The van der Waals surface area contributed by atoms with Gasteiger partial charge in [-0.25, -0.2) is 32.6 Å². The second-order valence-electron chi connectivity index (χ2n) is 9.00. The number of thiazole rings is 1. The van der Waals surface area contributed by atoms with Gasteiger partial charge in [0.25, 0.3) is 10.0 Å². The van der Waals surface area contributed by atoms with E-state index < -0.39 is 44.0 Å². The van der Waals surface area contributed by atoms with Crippen molar-refractivity contribution in [1.82, 2.24) is 15.0 Å². The molecule has 0 radical (unpaired) electrons. The van der Waals surface area contributed by atoms with Crippen molar-refractivity contribution in [3.63, 3.8) is 0 Å². The molecule has 1 amide bonds. The Morgan fingerprint density at radius 2 is 1.82 bits per heavy atom. The fourth-order valence-corrected chi connectivity index (χ4v) is 6.01. The van der Waals surface area contributed by atoms with Crippen LogP contribution in [0.3, 0.4) is 0 Å². The summed E-state index contributed by atoms with van der Waals surface area (Å²) in [5, 5.41) is 11.1. The molecule has 0 saturated heterocycles. The Balaban J connectivity index is 1.74. The molecule has 1 aromatic carbocycles. The molecule has 4 aromatic rings. The average Bonchev–Trinajstić information content (AvgIpc) is 3.31. The molecule has 0 bridgehead atoms. The molecule has 39 heavy (non-hydrogen) atoms. The molecule has 0 saturated carbocycles. The highest BCUT2D eigenvalue weighted by atomic mass is 35.5. The predicted molar refractivity (Wildman–Crippen MR) is 142 cm³/mol. The number of rotatable bonds is 6. The molecule has 0 unspecified atom stereocenters. The number of anilines is 1. The summed E-state index contributed by atoms with van der Waals surface area (Å²) in [6.45, 7) is 5.46. The number of halogens is 4. The fraction of sp³-hybridized carbons (Fsp3) is 0.167. The number of nitrogens with zero attached hydrogens (tertiary/aromatic N) is 4. The number of sulfonamides is 1. The van der Waals surface area contributed by atoms with Gasteiger partial charge >= 0.3 is 6.09 Å². The number of hydrogen-bond donors (Lipinski definition) is 1. The summed E-state index contributed by atoms with van der Waals surface area (Å²) in [6.07, 6.45) is 0.518. The monoisotopic (exact) mass is 614 g/mol. The molecule has 0 aliphatic rings. The van der Waals surface area contributed by atoms with Crippen molar-refractivity contribution >= 4 is 56.5 Å². The van der Waals surface area contributed by atoms with E-state index in [-0.39, 0.29) is 31.5 Å². The third-order valence-electron chi connectivity index (χ3n) is 5.11. The minimum atomic E-state index is -5.01. The average molecular weight is 615 g/mol. The zero-order valence-electron chi connectivity index (χ0n) is 20.3. The first-order valence-electron chi connectivity index (χ1n) is 10.9. The molecule has 0 atom stereocenters. The van der Waals surface area contributed by atoms with Crippen LogP contribution in [0, 0.1) is 11.8 Å². The van der Waals surface area contributed by atoms with Crippen LogP contribution in [0.1, 0.15) is 25.8 Å². The Kier molecular flexibility index (Phi) is 7.81. The smallest absolute Gasteiger partial charge is 0.427 e. The molecule has 1 N–H and O–H groups in total. The molecule has 0 spiro atoms. The minimum Gasteiger partial charge on any atom is -0.464 e. The first-order valence-corrected chi connectivity index (χ1v) is 13.9. The van der Waals surface area contributed by atoms with Crippen molar-refractivity contribution in [1.29, 1.82) is 0 Å². The summed E-state index contributed by atoms with van der Waals surface area (Å²) in [4.78, 5) is 22.5. The molecule has 0 aliphatic heterocycles. The van der Waals surface area contributed by atoms with Gasteiger partial charge in [0.15, 0.2) is 11.6 Å². The van der Waals surface area contributed by atoms with Crippen LogP contribution < -0.4 is 9.04 Å². The number of hydrogen-bond acceptors (Lipinski definition) is 8. The molecular weight excluding hydrogens is 597 g/mol. The maximum absolute atomic E-state index is 15.3. The normalized spacial score (nSPS) is 11.9. The van der Waals surface area contributed by atoms with Crippen molar-refractivity contribution in [3.05, 3.63) is 75.1 Å². The number of benzene rings is 1. The molecule has 0 aliphatic carbocycles. The van der Waals surface area contributed by atoms with Gasteiger partial charge in [-0.1, -0.05) is 44.0 Å². The van der Waals surface area contributed by atoms with Gasteiger partial charge in [0.2, 0.25) is 5.95 Å². The number of carbonyl (C=O) groups is 1. The molecule has 3 aromatic heterocycles. The van der Waals surface area contributed by atoms with E-state index >= 15 is 4.39 Å². The van der Waals surface area contributed by atoms with Gasteiger partial charge in [-0.3, -0.25) is 0 Å². The van der Waals surface area contributed by atoms with Crippen LogP contribution >= 0.6 is 34.5 Å². The van der Waals surface area contributed by atoms with Crippen LogP contribution in [0.4, 0.5) is 19.4 Å². The highest BCUT2D eigenvalue weighted by Crippen LogP contribution is 2.39. The zero-order valence-corrected chi connectivity index (χ0v) is 23.5. The third kappa shape index (κ3) is 5.96. The van der Waals surface area contributed by atoms with Crippen LogP contribution in [0.15, 0.2) is 53.0 Å². The van der Waals surface area contributed by atoms with Gasteiger partial charge in [-0.15, -0.1) is 15.6 Å². The van der Waals surface area contributed by atoms with Crippen LogP contribution in [0.25, 0.3) is 11.1 Å². The lowest BCUT2D eigenvalue weighted by Gasteiger charge is -2.19. The molecule has 15 heteroatoms. The zero-order chi connectivity index (χ0) is 28.7. The van der Waals surface area contributed by atoms with Crippen LogP contribution in [-0.2, 0) is 15.4 Å². The summed E-state index contributed by atoms with van der Waals surface area (Å²) in [7, 11) is -5.01. The molecular formula is C24H18Cl2F2N4O5S2. The standard InChI is InChI=1S/C24H18Cl2F2N4O5S2/c1-24(2,3)22-31-21(11-38-22)32(23(33)34)39(35,36)18-8-14(25)16(9-15(18)27)37-17-10-30-19(26)7-13(17)12-4-5-29-20(28)6-12/h4-11H,1-3H3,(H,33,34). The Hall–Kier alpha value is -3.39. The molecule has 204 valence electrons. The van der Waals surface area contributed by atoms with E-state index in [4.69, 9.17) is 27.9 Å². The molecule has 4 rings (SSSR count). The Morgan fingerprint density at radius 1 is 1.10 bits per heavy atom. The van der Waals surface area contributed by atoms with Crippen LogP contribution in [0.2, 0.25) is 10.2 Å². The number of aromatic nitrogens is 3. The summed E-state index contributed by atoms with van der Waals surface area (Å²) >= 11 is 13.3. The highest BCUT2D eigenvalue weighted by molar-refractivity contribution is 7.93. The van der Waals surface area contributed by atoms with E-state index in [0.29, 0.717) is 16.6 Å². The van der Waals surface area contributed by atoms with Crippen molar-refractivity contribution in [2.75, 3.05) is 4.31 Å². The topological polar surface area (TPSA) is 123 Å². The van der Waals surface area contributed by atoms with Gasteiger partial charge in [0.1, 0.15) is 26.6 Å². The minimum absolute atomic E-state index is 0.00810. The van der Waals surface area contributed by atoms with Crippen LogP contribution in [-0.4, -0.2) is 34.6 Å². The Bertz CT molecular complexity index is 1690. The van der Waals surface area contributed by atoms with E-state index in [2.05, 4.69) is 15.0 Å². The second-order valence-corrected chi connectivity index (χ2v) is 12.4. The SMILES string of the molecule is CC(C)(C)c1nc(N(C(=O)O)S(=O)(=O)c2cc(Cl)c(Oc3cnc(Cl)cc3-c3ccnc(F)c3)cc2F)cs1. The lowest BCUT2D eigenvalue weighted by atomic mass is 9.98. The maximum atomic E-state index is 15.3. The molecule has 9 nitrogen and oxygen atoms in total. The van der Waals surface area contributed by atoms with E-state index in [1.165, 1.54) is 29.9 Å². The number of amides is 1. The highest BCUT2D eigenvalue weighted by Gasteiger charge is 2.36. The summed E-state index contributed by atoms with van der Waals surface area (Å²) in [6, 6.07) is 5.37. The predicted octanol–water partition coefficient (Wildman–Crippen LogP) is 7.15. The second kappa shape index (κ2) is 10.6. The molecule has 3 heterocycles. The quantitative estimate of drug-likeness (QED) is 0.227.